The second kappa shape index (κ2) is 7.17. The molecule has 2 aromatic rings. The molecule has 4 heteroatoms. The van der Waals surface area contributed by atoms with Gasteiger partial charge in [0.2, 0.25) is 0 Å². The zero-order valence-electron chi connectivity index (χ0n) is 11.3. The summed E-state index contributed by atoms with van der Waals surface area (Å²) in [5, 5.41) is 9.70. The third-order valence-electron chi connectivity index (χ3n) is 2.82. The highest BCUT2D eigenvalue weighted by molar-refractivity contribution is 6.31. The van der Waals surface area contributed by atoms with Gasteiger partial charge >= 0.3 is 0 Å². The lowest BCUT2D eigenvalue weighted by atomic mass is 10.2. The summed E-state index contributed by atoms with van der Waals surface area (Å²) in [4.78, 5) is 0. The molecule has 2 aromatic carbocycles. The van der Waals surface area contributed by atoms with E-state index in [0.717, 1.165) is 5.56 Å². The van der Waals surface area contributed by atoms with Crippen LogP contribution in [0.25, 0.3) is 0 Å². The van der Waals surface area contributed by atoms with Gasteiger partial charge in [-0.15, -0.1) is 0 Å². The molecule has 0 aliphatic carbocycles. The average Bonchev–Trinajstić information content (AvgIpc) is 2.48. The molecule has 2 rings (SSSR count). The van der Waals surface area contributed by atoms with Crippen molar-refractivity contribution in [2.75, 3.05) is 6.61 Å². The van der Waals surface area contributed by atoms with Crippen molar-refractivity contribution >= 4 is 11.6 Å². The third kappa shape index (κ3) is 3.65. The molecule has 0 spiro atoms. The van der Waals surface area contributed by atoms with Crippen LogP contribution in [0.3, 0.4) is 0 Å². The molecule has 3 nitrogen and oxygen atoms in total. The summed E-state index contributed by atoms with van der Waals surface area (Å²) in [5.74, 6) is 1.18. The van der Waals surface area contributed by atoms with Gasteiger partial charge in [-0.3, -0.25) is 0 Å². The number of ether oxygens (including phenoxy) is 2. The van der Waals surface area contributed by atoms with Crippen molar-refractivity contribution in [3.8, 4) is 11.5 Å². The smallest absolute Gasteiger partial charge is 0.163 e. The molecule has 0 heterocycles. The van der Waals surface area contributed by atoms with Crippen molar-refractivity contribution in [2.24, 2.45) is 0 Å². The van der Waals surface area contributed by atoms with Crippen LogP contribution in [-0.4, -0.2) is 11.7 Å². The normalized spacial score (nSPS) is 10.3. The first kappa shape index (κ1) is 14.7. The zero-order chi connectivity index (χ0) is 14.4. The maximum absolute atomic E-state index is 9.23. The lowest BCUT2D eigenvalue weighted by Gasteiger charge is -2.14. The molecule has 0 aliphatic rings. The number of benzene rings is 2. The van der Waals surface area contributed by atoms with Crippen molar-refractivity contribution in [3.05, 3.63) is 58.6 Å². The third-order valence-corrected chi connectivity index (χ3v) is 3.17. The van der Waals surface area contributed by atoms with Crippen LogP contribution in [-0.2, 0) is 13.2 Å². The van der Waals surface area contributed by atoms with Crippen molar-refractivity contribution in [3.63, 3.8) is 0 Å². The van der Waals surface area contributed by atoms with Crippen LogP contribution in [0.5, 0.6) is 11.5 Å². The molecule has 0 unspecified atom stereocenters. The standard InChI is InChI=1S/C16H17ClO3/c1-2-19-15-8-13(10-18)14(17)9-16(15)20-11-12-6-4-3-5-7-12/h3-9,18H,2,10-11H2,1H3. The summed E-state index contributed by atoms with van der Waals surface area (Å²) in [5.41, 5.74) is 1.69. The largest absolute Gasteiger partial charge is 0.490 e. The highest BCUT2D eigenvalue weighted by Gasteiger charge is 2.10. The van der Waals surface area contributed by atoms with Gasteiger partial charge in [-0.2, -0.15) is 0 Å². The van der Waals surface area contributed by atoms with Crippen LogP contribution in [0.4, 0.5) is 0 Å². The Bertz CT molecular complexity index is 555. The zero-order valence-corrected chi connectivity index (χ0v) is 12.1. The van der Waals surface area contributed by atoms with Gasteiger partial charge in [-0.25, -0.2) is 0 Å². The Balaban J connectivity index is 2.19. The molecule has 0 saturated heterocycles. The van der Waals surface area contributed by atoms with Gasteiger partial charge in [-0.05, 0) is 24.1 Å². The van der Waals surface area contributed by atoms with Crippen LogP contribution < -0.4 is 9.47 Å². The van der Waals surface area contributed by atoms with E-state index in [9.17, 15) is 5.11 Å². The van der Waals surface area contributed by atoms with Crippen molar-refractivity contribution in [1.82, 2.24) is 0 Å². The maximum Gasteiger partial charge on any atom is 0.163 e. The van der Waals surface area contributed by atoms with Crippen LogP contribution in [0.2, 0.25) is 5.02 Å². The van der Waals surface area contributed by atoms with Gasteiger partial charge in [0.25, 0.3) is 0 Å². The Morgan fingerprint density at radius 3 is 2.40 bits per heavy atom. The van der Waals surface area contributed by atoms with Gasteiger partial charge in [0.15, 0.2) is 11.5 Å². The van der Waals surface area contributed by atoms with E-state index in [-0.39, 0.29) is 6.61 Å². The first-order valence-corrected chi connectivity index (χ1v) is 6.85. The fraction of sp³-hybridized carbons (Fsp3) is 0.250. The fourth-order valence-electron chi connectivity index (χ4n) is 1.81. The average molecular weight is 293 g/mol. The number of aliphatic hydroxyl groups is 1. The summed E-state index contributed by atoms with van der Waals surface area (Å²) >= 11 is 6.09. The quantitative estimate of drug-likeness (QED) is 0.880. The predicted octanol–water partition coefficient (Wildman–Crippen LogP) is 3.81. The molecule has 1 N–H and O–H groups in total. The highest BCUT2D eigenvalue weighted by atomic mass is 35.5. The second-order valence-electron chi connectivity index (χ2n) is 4.26. The molecule has 0 aliphatic heterocycles. The van der Waals surface area contributed by atoms with E-state index in [1.165, 1.54) is 0 Å². The van der Waals surface area contributed by atoms with E-state index in [0.29, 0.717) is 35.3 Å². The Hall–Kier alpha value is -1.71. The molecule has 0 atom stereocenters. The summed E-state index contributed by atoms with van der Waals surface area (Å²) < 4.78 is 11.3. The molecule has 0 amide bonds. The molecule has 0 saturated carbocycles. The SMILES string of the molecule is CCOc1cc(CO)c(Cl)cc1OCc1ccccc1. The fourth-order valence-corrected chi connectivity index (χ4v) is 2.03. The molecule has 20 heavy (non-hydrogen) atoms. The number of aliphatic hydroxyl groups excluding tert-OH is 1. The van der Waals surface area contributed by atoms with Crippen molar-refractivity contribution < 1.29 is 14.6 Å². The first-order valence-electron chi connectivity index (χ1n) is 6.47. The first-order chi connectivity index (χ1) is 9.74. The minimum absolute atomic E-state index is 0.127. The molecular weight excluding hydrogens is 276 g/mol. The number of hydrogen-bond acceptors (Lipinski definition) is 3. The topological polar surface area (TPSA) is 38.7 Å². The van der Waals surface area contributed by atoms with Gasteiger partial charge in [-0.1, -0.05) is 41.9 Å². The molecule has 0 radical (unpaired) electrons. The van der Waals surface area contributed by atoms with E-state index in [4.69, 9.17) is 21.1 Å². The van der Waals surface area contributed by atoms with E-state index >= 15 is 0 Å². The van der Waals surface area contributed by atoms with Gasteiger partial charge in [0, 0.05) is 6.07 Å². The second-order valence-corrected chi connectivity index (χ2v) is 4.66. The van der Waals surface area contributed by atoms with E-state index in [2.05, 4.69) is 0 Å². The minimum atomic E-state index is -0.127. The van der Waals surface area contributed by atoms with E-state index < -0.39 is 0 Å². The lowest BCUT2D eigenvalue weighted by molar-refractivity contribution is 0.264. The van der Waals surface area contributed by atoms with Gasteiger partial charge in [0.1, 0.15) is 6.61 Å². The van der Waals surface area contributed by atoms with E-state index in [1.807, 2.05) is 37.3 Å². The van der Waals surface area contributed by atoms with Crippen LogP contribution >= 0.6 is 11.6 Å². The molecule has 0 bridgehead atoms. The number of rotatable bonds is 6. The van der Waals surface area contributed by atoms with Gasteiger partial charge in [0.05, 0.1) is 18.2 Å². The number of halogens is 1. The Kier molecular flexibility index (Phi) is 5.27. The number of hydrogen-bond donors (Lipinski definition) is 1. The molecular formula is C16H17ClO3. The maximum atomic E-state index is 9.23. The Morgan fingerprint density at radius 2 is 1.75 bits per heavy atom. The molecule has 0 aromatic heterocycles. The Morgan fingerprint density at radius 1 is 1.05 bits per heavy atom. The Labute approximate surface area is 123 Å². The van der Waals surface area contributed by atoms with Gasteiger partial charge < -0.3 is 14.6 Å². The van der Waals surface area contributed by atoms with Crippen molar-refractivity contribution in [2.45, 2.75) is 20.1 Å². The summed E-state index contributed by atoms with van der Waals surface area (Å²) in [6.45, 7) is 2.73. The molecule has 106 valence electrons. The van der Waals surface area contributed by atoms with E-state index in [1.54, 1.807) is 12.1 Å². The summed E-state index contributed by atoms with van der Waals surface area (Å²) in [6, 6.07) is 13.3. The predicted molar refractivity (Wildman–Crippen MR) is 79.3 cm³/mol. The molecule has 0 fully saturated rings. The minimum Gasteiger partial charge on any atom is -0.490 e. The highest BCUT2D eigenvalue weighted by Crippen LogP contribution is 2.34. The van der Waals surface area contributed by atoms with Crippen LogP contribution in [0.15, 0.2) is 42.5 Å². The van der Waals surface area contributed by atoms with Crippen LogP contribution in [0, 0.1) is 0 Å². The monoisotopic (exact) mass is 292 g/mol. The lowest BCUT2D eigenvalue weighted by Crippen LogP contribution is -2.01. The van der Waals surface area contributed by atoms with Crippen molar-refractivity contribution in [1.29, 1.82) is 0 Å². The van der Waals surface area contributed by atoms with Crippen LogP contribution in [0.1, 0.15) is 18.1 Å². The summed E-state index contributed by atoms with van der Waals surface area (Å²) in [7, 11) is 0. The summed E-state index contributed by atoms with van der Waals surface area (Å²) in [6.07, 6.45) is 0.